The van der Waals surface area contributed by atoms with Gasteiger partial charge in [0.05, 0.1) is 0 Å². The molecule has 0 fully saturated rings. The van der Waals surface area contributed by atoms with Gasteiger partial charge in [0.25, 0.3) is 0 Å². The number of hydrogen-bond acceptors (Lipinski definition) is 2. The molecule has 1 aromatic rings. The molecule has 1 heterocycles. The molecule has 1 rings (SSSR count). The number of hydrogen-bond donors (Lipinski definition) is 1. The van der Waals surface area contributed by atoms with Gasteiger partial charge in [0.1, 0.15) is 5.82 Å². The number of unbranched alkanes of at least 4 members (excludes halogenated alkanes) is 3. The second kappa shape index (κ2) is 9.15. The van der Waals surface area contributed by atoms with Crippen molar-refractivity contribution in [2.75, 3.05) is 7.05 Å². The third-order valence-electron chi connectivity index (χ3n) is 3.51. The van der Waals surface area contributed by atoms with Crippen molar-refractivity contribution in [3.8, 4) is 0 Å². The Morgan fingerprint density at radius 3 is 2.72 bits per heavy atom. The van der Waals surface area contributed by atoms with Gasteiger partial charge in [-0.3, -0.25) is 0 Å². The molecule has 1 unspecified atom stereocenters. The fraction of sp³-hybridized carbons (Fsp3) is 0.800. The van der Waals surface area contributed by atoms with E-state index in [0.29, 0.717) is 6.04 Å². The third-order valence-corrected chi connectivity index (χ3v) is 3.51. The SMILES string of the molecule is CCCCCCC(Cc1nccn1CCC)NC. The molecule has 1 atom stereocenters. The Morgan fingerprint density at radius 2 is 2.06 bits per heavy atom. The summed E-state index contributed by atoms with van der Waals surface area (Å²) in [4.78, 5) is 4.49. The van der Waals surface area contributed by atoms with E-state index in [2.05, 4.69) is 42.0 Å². The first-order valence-electron chi connectivity index (χ1n) is 7.49. The second-order valence-electron chi connectivity index (χ2n) is 5.08. The molecular weight excluding hydrogens is 222 g/mol. The van der Waals surface area contributed by atoms with Gasteiger partial charge in [-0.2, -0.15) is 0 Å². The van der Waals surface area contributed by atoms with Gasteiger partial charge in [-0.25, -0.2) is 4.98 Å². The van der Waals surface area contributed by atoms with E-state index in [9.17, 15) is 0 Å². The van der Waals surface area contributed by atoms with Crippen molar-refractivity contribution in [3.63, 3.8) is 0 Å². The van der Waals surface area contributed by atoms with E-state index in [1.165, 1.54) is 44.3 Å². The summed E-state index contributed by atoms with van der Waals surface area (Å²) in [6, 6.07) is 0.569. The van der Waals surface area contributed by atoms with Gasteiger partial charge < -0.3 is 9.88 Å². The average Bonchev–Trinajstić information content (AvgIpc) is 2.81. The van der Waals surface area contributed by atoms with Crippen LogP contribution in [-0.4, -0.2) is 22.6 Å². The average molecular weight is 251 g/mol. The maximum atomic E-state index is 4.49. The number of aromatic nitrogens is 2. The van der Waals surface area contributed by atoms with E-state index < -0.39 is 0 Å². The zero-order valence-electron chi connectivity index (χ0n) is 12.3. The third kappa shape index (κ3) is 5.21. The summed E-state index contributed by atoms with van der Waals surface area (Å²) < 4.78 is 2.29. The van der Waals surface area contributed by atoms with Crippen LogP contribution in [0.3, 0.4) is 0 Å². The van der Waals surface area contributed by atoms with Crippen molar-refractivity contribution >= 4 is 0 Å². The number of imidazole rings is 1. The fourth-order valence-corrected chi connectivity index (χ4v) is 2.36. The Balaban J connectivity index is 2.39. The van der Waals surface area contributed by atoms with Crippen molar-refractivity contribution in [2.45, 2.75) is 71.4 Å². The Bertz CT molecular complexity index is 306. The number of aryl methyl sites for hydroxylation is 1. The van der Waals surface area contributed by atoms with Crippen LogP contribution >= 0.6 is 0 Å². The molecule has 0 aliphatic carbocycles. The highest BCUT2D eigenvalue weighted by Crippen LogP contribution is 2.10. The summed E-state index contributed by atoms with van der Waals surface area (Å²) in [6.45, 7) is 5.56. The maximum Gasteiger partial charge on any atom is 0.110 e. The topological polar surface area (TPSA) is 29.9 Å². The van der Waals surface area contributed by atoms with Crippen LogP contribution in [0.1, 0.15) is 58.2 Å². The van der Waals surface area contributed by atoms with E-state index in [0.717, 1.165) is 13.0 Å². The maximum absolute atomic E-state index is 4.49. The molecule has 1 aromatic heterocycles. The van der Waals surface area contributed by atoms with Gasteiger partial charge in [-0.1, -0.05) is 39.5 Å². The lowest BCUT2D eigenvalue weighted by Crippen LogP contribution is -2.28. The van der Waals surface area contributed by atoms with Gasteiger partial charge in [-0.15, -0.1) is 0 Å². The van der Waals surface area contributed by atoms with E-state index in [4.69, 9.17) is 0 Å². The predicted octanol–water partition coefficient (Wildman–Crippen LogP) is 3.39. The zero-order valence-corrected chi connectivity index (χ0v) is 12.3. The molecule has 3 heteroatoms. The zero-order chi connectivity index (χ0) is 13.2. The molecule has 0 amide bonds. The molecule has 0 aromatic carbocycles. The molecule has 0 saturated carbocycles. The molecule has 0 bridgehead atoms. The lowest BCUT2D eigenvalue weighted by atomic mass is 10.0. The van der Waals surface area contributed by atoms with Gasteiger partial charge in [-0.05, 0) is 19.9 Å². The smallest absolute Gasteiger partial charge is 0.110 e. The first-order chi connectivity index (χ1) is 8.81. The predicted molar refractivity (Wildman–Crippen MR) is 77.8 cm³/mol. The van der Waals surface area contributed by atoms with E-state index >= 15 is 0 Å². The Hall–Kier alpha value is -0.830. The summed E-state index contributed by atoms with van der Waals surface area (Å²) in [7, 11) is 2.07. The molecule has 0 radical (unpaired) electrons. The van der Waals surface area contributed by atoms with Crippen molar-refractivity contribution in [3.05, 3.63) is 18.2 Å². The van der Waals surface area contributed by atoms with Crippen LogP contribution in [0.2, 0.25) is 0 Å². The largest absolute Gasteiger partial charge is 0.335 e. The Morgan fingerprint density at radius 1 is 1.22 bits per heavy atom. The molecule has 0 saturated heterocycles. The van der Waals surface area contributed by atoms with E-state index in [-0.39, 0.29) is 0 Å². The van der Waals surface area contributed by atoms with Crippen LogP contribution in [0.15, 0.2) is 12.4 Å². The molecule has 0 aliphatic heterocycles. The fourth-order valence-electron chi connectivity index (χ4n) is 2.36. The lowest BCUT2D eigenvalue weighted by Gasteiger charge is -2.16. The van der Waals surface area contributed by atoms with Crippen molar-refractivity contribution in [1.29, 1.82) is 0 Å². The molecule has 1 N–H and O–H groups in total. The minimum Gasteiger partial charge on any atom is -0.335 e. The highest BCUT2D eigenvalue weighted by atomic mass is 15.1. The summed E-state index contributed by atoms with van der Waals surface area (Å²) in [6.07, 6.45) is 12.9. The molecule has 3 nitrogen and oxygen atoms in total. The van der Waals surface area contributed by atoms with Gasteiger partial charge in [0.2, 0.25) is 0 Å². The number of nitrogens with zero attached hydrogens (tertiary/aromatic N) is 2. The first kappa shape index (κ1) is 15.2. The number of nitrogens with one attached hydrogen (secondary N) is 1. The molecule has 18 heavy (non-hydrogen) atoms. The molecule has 0 spiro atoms. The van der Waals surface area contributed by atoms with Crippen molar-refractivity contribution < 1.29 is 0 Å². The van der Waals surface area contributed by atoms with Crippen LogP contribution in [-0.2, 0) is 13.0 Å². The monoisotopic (exact) mass is 251 g/mol. The first-order valence-corrected chi connectivity index (χ1v) is 7.49. The van der Waals surface area contributed by atoms with Crippen LogP contribution in [0.5, 0.6) is 0 Å². The Labute approximate surface area is 112 Å². The van der Waals surface area contributed by atoms with E-state index in [1.807, 2.05) is 6.20 Å². The minimum absolute atomic E-state index is 0.569. The van der Waals surface area contributed by atoms with Crippen LogP contribution in [0, 0.1) is 0 Å². The van der Waals surface area contributed by atoms with Crippen LogP contribution in [0.4, 0.5) is 0 Å². The summed E-state index contributed by atoms with van der Waals surface area (Å²) in [5, 5.41) is 3.43. The van der Waals surface area contributed by atoms with Crippen LogP contribution in [0.25, 0.3) is 0 Å². The van der Waals surface area contributed by atoms with Crippen molar-refractivity contribution in [1.82, 2.24) is 14.9 Å². The summed E-state index contributed by atoms with van der Waals surface area (Å²) >= 11 is 0. The highest BCUT2D eigenvalue weighted by Gasteiger charge is 2.10. The van der Waals surface area contributed by atoms with Gasteiger partial charge >= 0.3 is 0 Å². The number of rotatable bonds is 10. The second-order valence-corrected chi connectivity index (χ2v) is 5.08. The molecule has 104 valence electrons. The summed E-state index contributed by atoms with van der Waals surface area (Å²) in [5.74, 6) is 1.23. The highest BCUT2D eigenvalue weighted by molar-refractivity contribution is 4.95. The van der Waals surface area contributed by atoms with E-state index in [1.54, 1.807) is 0 Å². The minimum atomic E-state index is 0.569. The lowest BCUT2D eigenvalue weighted by molar-refractivity contribution is 0.467. The van der Waals surface area contributed by atoms with Crippen LogP contribution < -0.4 is 5.32 Å². The standard InChI is InChI=1S/C15H29N3/c1-4-6-7-8-9-14(16-3)13-15-17-10-12-18(15)11-5-2/h10,12,14,16H,4-9,11,13H2,1-3H3. The van der Waals surface area contributed by atoms with Gasteiger partial charge in [0, 0.05) is 31.4 Å². The van der Waals surface area contributed by atoms with Crippen molar-refractivity contribution in [2.24, 2.45) is 0 Å². The quantitative estimate of drug-likeness (QED) is 0.646. The molecular formula is C15H29N3. The normalized spacial score (nSPS) is 12.8. The summed E-state index contributed by atoms with van der Waals surface area (Å²) in [5.41, 5.74) is 0. The number of likely N-dealkylation sites (N-methyl/N-ethyl adjacent to an activating group) is 1. The Kier molecular flexibility index (Phi) is 7.74. The van der Waals surface area contributed by atoms with Gasteiger partial charge in [0.15, 0.2) is 0 Å². The molecule has 0 aliphatic rings.